The minimum absolute atomic E-state index is 0.870. The molecule has 0 unspecified atom stereocenters. The molecule has 0 fully saturated rings. The zero-order chi connectivity index (χ0) is 35.6. The Hall–Kier alpha value is -7.16. The number of hydrogen-bond acceptors (Lipinski definition) is 2. The third-order valence-electron chi connectivity index (χ3n) is 11.0. The lowest BCUT2D eigenvalue weighted by Crippen LogP contribution is -2.10. The van der Waals surface area contributed by atoms with Gasteiger partial charge in [-0.2, -0.15) is 0 Å². The van der Waals surface area contributed by atoms with E-state index in [0.29, 0.717) is 0 Å². The molecule has 1 heterocycles. The van der Waals surface area contributed by atoms with Crippen LogP contribution in [0.15, 0.2) is 205 Å². The quantitative estimate of drug-likeness (QED) is 0.168. The van der Waals surface area contributed by atoms with E-state index in [0.717, 1.165) is 44.4 Å². The Morgan fingerprint density at radius 2 is 0.981 bits per heavy atom. The van der Waals surface area contributed by atoms with Crippen LogP contribution in [0.1, 0.15) is 0 Å². The average Bonchev–Trinajstić information content (AvgIpc) is 3.64. The van der Waals surface area contributed by atoms with Crippen LogP contribution in [-0.2, 0) is 0 Å². The summed E-state index contributed by atoms with van der Waals surface area (Å²) in [5, 5.41) is 12.1. The van der Waals surface area contributed by atoms with Crippen molar-refractivity contribution in [3.63, 3.8) is 0 Å². The molecule has 0 N–H and O–H groups in total. The highest BCUT2D eigenvalue weighted by molar-refractivity contribution is 6.23. The Balaban J connectivity index is 1.12. The SMILES string of the molecule is c1ccc(-c2cccc(N(c3ccc(-c4cc5ccc6ccccc6c5c5ccccc45)cc3)c3cccc4oc5c6ccccc6ccc5c34)c2)cc1. The molecule has 252 valence electrons. The average molecular weight is 688 g/mol. The van der Waals surface area contributed by atoms with Crippen molar-refractivity contribution in [3.8, 4) is 22.3 Å². The van der Waals surface area contributed by atoms with Crippen molar-refractivity contribution in [2.45, 2.75) is 0 Å². The molecule has 2 nitrogen and oxygen atoms in total. The van der Waals surface area contributed by atoms with Crippen molar-refractivity contribution >= 4 is 82.1 Å². The summed E-state index contributed by atoms with van der Waals surface area (Å²) in [5.41, 5.74) is 9.77. The summed E-state index contributed by atoms with van der Waals surface area (Å²) in [6.45, 7) is 0. The third kappa shape index (κ3) is 4.81. The zero-order valence-corrected chi connectivity index (χ0v) is 29.4. The molecule has 11 aromatic rings. The first-order valence-corrected chi connectivity index (χ1v) is 18.5. The number of fused-ring (bicyclic) bond motifs is 10. The summed E-state index contributed by atoms with van der Waals surface area (Å²) < 4.78 is 6.67. The Bertz CT molecular complexity index is 3210. The van der Waals surface area contributed by atoms with Gasteiger partial charge in [-0.1, -0.05) is 152 Å². The molecule has 0 atom stereocenters. The number of nitrogens with zero attached hydrogens (tertiary/aromatic N) is 1. The first kappa shape index (κ1) is 30.5. The van der Waals surface area contributed by atoms with Crippen molar-refractivity contribution in [1.29, 1.82) is 0 Å². The molecule has 10 aromatic carbocycles. The highest BCUT2D eigenvalue weighted by atomic mass is 16.3. The molecule has 1 aromatic heterocycles. The molecule has 0 bridgehead atoms. The second-order valence-electron chi connectivity index (χ2n) is 14.1. The van der Waals surface area contributed by atoms with Gasteiger partial charge in [0.15, 0.2) is 0 Å². The van der Waals surface area contributed by atoms with Gasteiger partial charge in [-0.05, 0) is 108 Å². The first-order chi connectivity index (χ1) is 26.8. The molecule has 0 aliphatic rings. The molecule has 0 saturated carbocycles. The summed E-state index contributed by atoms with van der Waals surface area (Å²) in [6.07, 6.45) is 0. The molecule has 0 saturated heterocycles. The normalized spacial score (nSPS) is 11.7. The van der Waals surface area contributed by atoms with Gasteiger partial charge in [0.05, 0.1) is 11.1 Å². The molecular formula is C52H33NO. The third-order valence-corrected chi connectivity index (χ3v) is 11.0. The second kappa shape index (κ2) is 12.2. The van der Waals surface area contributed by atoms with Gasteiger partial charge in [0, 0.05) is 22.1 Å². The van der Waals surface area contributed by atoms with Crippen LogP contribution in [0, 0.1) is 0 Å². The van der Waals surface area contributed by atoms with Crippen LogP contribution >= 0.6 is 0 Å². The van der Waals surface area contributed by atoms with Gasteiger partial charge in [-0.15, -0.1) is 0 Å². The predicted octanol–water partition coefficient (Wildman–Crippen LogP) is 15.0. The molecule has 2 heteroatoms. The van der Waals surface area contributed by atoms with E-state index in [2.05, 4.69) is 205 Å². The molecule has 0 radical (unpaired) electrons. The zero-order valence-electron chi connectivity index (χ0n) is 29.4. The number of anilines is 3. The van der Waals surface area contributed by atoms with Crippen LogP contribution < -0.4 is 4.90 Å². The Morgan fingerprint density at radius 3 is 1.81 bits per heavy atom. The van der Waals surface area contributed by atoms with Gasteiger partial charge in [-0.25, -0.2) is 0 Å². The van der Waals surface area contributed by atoms with Crippen molar-refractivity contribution in [3.05, 3.63) is 200 Å². The van der Waals surface area contributed by atoms with E-state index in [-0.39, 0.29) is 0 Å². The van der Waals surface area contributed by atoms with Gasteiger partial charge in [0.1, 0.15) is 11.2 Å². The molecule has 0 aliphatic heterocycles. The van der Waals surface area contributed by atoms with E-state index in [9.17, 15) is 0 Å². The van der Waals surface area contributed by atoms with Crippen LogP contribution in [0.2, 0.25) is 0 Å². The minimum atomic E-state index is 0.870. The summed E-state index contributed by atoms with van der Waals surface area (Å²) in [7, 11) is 0. The first-order valence-electron chi connectivity index (χ1n) is 18.5. The van der Waals surface area contributed by atoms with E-state index < -0.39 is 0 Å². The summed E-state index contributed by atoms with van der Waals surface area (Å²) in [5.74, 6) is 0. The molecule has 0 aliphatic carbocycles. The Morgan fingerprint density at radius 1 is 0.333 bits per heavy atom. The van der Waals surface area contributed by atoms with Crippen molar-refractivity contribution in [2.24, 2.45) is 0 Å². The van der Waals surface area contributed by atoms with Crippen molar-refractivity contribution < 1.29 is 4.42 Å². The predicted molar refractivity (Wildman–Crippen MR) is 229 cm³/mol. The fraction of sp³-hybridized carbons (Fsp3) is 0. The van der Waals surface area contributed by atoms with Crippen LogP contribution in [-0.4, -0.2) is 0 Å². The van der Waals surface area contributed by atoms with Gasteiger partial charge in [0.2, 0.25) is 0 Å². The minimum Gasteiger partial charge on any atom is -0.455 e. The molecular weight excluding hydrogens is 655 g/mol. The standard InChI is InChI=1S/C52H33NO/c1-2-12-34(13-3-1)38-16-10-17-41(32-38)53(48-22-11-23-49-51(48)46-31-28-36-15-5-7-19-43(36)52(46)54-49)40-29-26-37(27-30-40)47-33-39-25-24-35-14-4-6-18-42(35)50(39)45-21-9-8-20-44(45)47/h1-33H. The highest BCUT2D eigenvalue weighted by Gasteiger charge is 2.21. The largest absolute Gasteiger partial charge is 0.455 e. The van der Waals surface area contributed by atoms with E-state index >= 15 is 0 Å². The fourth-order valence-corrected chi connectivity index (χ4v) is 8.51. The molecule has 0 amide bonds. The number of benzene rings is 10. The number of rotatable bonds is 5. The summed E-state index contributed by atoms with van der Waals surface area (Å²) in [6, 6.07) is 72.2. The summed E-state index contributed by atoms with van der Waals surface area (Å²) >= 11 is 0. The molecule has 11 rings (SSSR count). The number of furan rings is 1. The Labute approximate surface area is 312 Å². The van der Waals surface area contributed by atoms with E-state index in [1.807, 2.05) is 0 Å². The smallest absolute Gasteiger partial charge is 0.143 e. The molecule has 54 heavy (non-hydrogen) atoms. The lowest BCUT2D eigenvalue weighted by Gasteiger charge is -2.27. The van der Waals surface area contributed by atoms with Crippen LogP contribution in [0.3, 0.4) is 0 Å². The van der Waals surface area contributed by atoms with Crippen LogP contribution in [0.5, 0.6) is 0 Å². The van der Waals surface area contributed by atoms with E-state index in [1.165, 1.54) is 60.0 Å². The maximum absolute atomic E-state index is 6.67. The van der Waals surface area contributed by atoms with Gasteiger partial charge in [0.25, 0.3) is 0 Å². The van der Waals surface area contributed by atoms with E-state index in [1.54, 1.807) is 0 Å². The second-order valence-corrected chi connectivity index (χ2v) is 14.1. The van der Waals surface area contributed by atoms with Crippen molar-refractivity contribution in [2.75, 3.05) is 4.90 Å². The lowest BCUT2D eigenvalue weighted by molar-refractivity contribution is 0.672. The maximum atomic E-state index is 6.67. The maximum Gasteiger partial charge on any atom is 0.143 e. The number of hydrogen-bond donors (Lipinski definition) is 0. The van der Waals surface area contributed by atoms with Gasteiger partial charge < -0.3 is 9.32 Å². The summed E-state index contributed by atoms with van der Waals surface area (Å²) in [4.78, 5) is 2.38. The highest BCUT2D eigenvalue weighted by Crippen LogP contribution is 2.46. The van der Waals surface area contributed by atoms with E-state index in [4.69, 9.17) is 4.42 Å². The fourth-order valence-electron chi connectivity index (χ4n) is 8.51. The topological polar surface area (TPSA) is 16.4 Å². The lowest BCUT2D eigenvalue weighted by atomic mass is 9.90. The van der Waals surface area contributed by atoms with Crippen molar-refractivity contribution in [1.82, 2.24) is 0 Å². The Kier molecular flexibility index (Phi) is 6.90. The van der Waals surface area contributed by atoms with Gasteiger partial charge in [-0.3, -0.25) is 0 Å². The monoisotopic (exact) mass is 687 g/mol. The van der Waals surface area contributed by atoms with Crippen LogP contribution in [0.25, 0.3) is 87.3 Å². The molecule has 0 spiro atoms. The van der Waals surface area contributed by atoms with Gasteiger partial charge >= 0.3 is 0 Å². The van der Waals surface area contributed by atoms with Crippen LogP contribution in [0.4, 0.5) is 17.1 Å².